The summed E-state index contributed by atoms with van der Waals surface area (Å²) in [6.45, 7) is 0.352. The molecule has 11 heteroatoms. The summed E-state index contributed by atoms with van der Waals surface area (Å²) < 4.78 is 53.6. The summed E-state index contributed by atoms with van der Waals surface area (Å²) in [5.74, 6) is -2.53. The van der Waals surface area contributed by atoms with Crippen molar-refractivity contribution in [2.24, 2.45) is 7.05 Å². The van der Waals surface area contributed by atoms with Crippen molar-refractivity contribution in [3.05, 3.63) is 46.1 Å². The molecule has 140 valence electrons. The van der Waals surface area contributed by atoms with E-state index >= 15 is 0 Å². The van der Waals surface area contributed by atoms with Crippen LogP contribution in [0, 0.1) is 5.82 Å². The van der Waals surface area contributed by atoms with E-state index in [1.165, 1.54) is 17.2 Å². The second-order valence-electron chi connectivity index (χ2n) is 5.99. The van der Waals surface area contributed by atoms with Crippen molar-refractivity contribution in [3.63, 3.8) is 0 Å². The lowest BCUT2D eigenvalue weighted by Crippen LogP contribution is -2.41. The van der Waals surface area contributed by atoms with Crippen molar-refractivity contribution >= 4 is 5.91 Å². The Morgan fingerprint density at radius 2 is 1.92 bits per heavy atom. The largest absolute Gasteiger partial charge is 0.451 e. The van der Waals surface area contributed by atoms with Crippen LogP contribution in [0.2, 0.25) is 0 Å². The van der Waals surface area contributed by atoms with Gasteiger partial charge >= 0.3 is 11.9 Å². The van der Waals surface area contributed by atoms with Gasteiger partial charge in [-0.25, -0.2) is 13.9 Å². The molecule has 1 aliphatic rings. The SMILES string of the molecule is Cn1c(C(F)(F)F)nn(C2CCN(C(=O)c3ccncc3F)CC2)c1=O. The Morgan fingerprint density at radius 3 is 2.46 bits per heavy atom. The fourth-order valence-corrected chi connectivity index (χ4v) is 2.97. The zero-order valence-corrected chi connectivity index (χ0v) is 13.7. The summed E-state index contributed by atoms with van der Waals surface area (Å²) in [6, 6.07) is 0.707. The van der Waals surface area contributed by atoms with Gasteiger partial charge in [-0.05, 0) is 18.9 Å². The van der Waals surface area contributed by atoms with Crippen LogP contribution in [0.1, 0.15) is 35.1 Å². The fourth-order valence-electron chi connectivity index (χ4n) is 2.97. The van der Waals surface area contributed by atoms with Gasteiger partial charge in [0, 0.05) is 26.3 Å². The fraction of sp³-hybridized carbons (Fsp3) is 0.467. The molecular formula is C15H15F4N5O2. The smallest absolute Gasteiger partial charge is 0.338 e. The summed E-state index contributed by atoms with van der Waals surface area (Å²) >= 11 is 0. The number of hydrogen-bond donors (Lipinski definition) is 0. The van der Waals surface area contributed by atoms with Gasteiger partial charge < -0.3 is 4.90 Å². The number of pyridine rings is 1. The normalized spacial score (nSPS) is 16.1. The highest BCUT2D eigenvalue weighted by atomic mass is 19.4. The van der Waals surface area contributed by atoms with E-state index in [0.29, 0.717) is 4.57 Å². The predicted octanol–water partition coefficient (Wildman–Crippen LogP) is 1.61. The van der Waals surface area contributed by atoms with Crippen molar-refractivity contribution in [2.75, 3.05) is 13.1 Å². The lowest BCUT2D eigenvalue weighted by Gasteiger charge is -2.31. The van der Waals surface area contributed by atoms with E-state index in [2.05, 4.69) is 10.1 Å². The Hall–Kier alpha value is -2.72. The number of likely N-dealkylation sites (tertiary alicyclic amines) is 1. The number of aromatic nitrogens is 4. The number of hydrogen-bond acceptors (Lipinski definition) is 4. The first-order valence-electron chi connectivity index (χ1n) is 7.81. The molecule has 1 aliphatic heterocycles. The van der Waals surface area contributed by atoms with E-state index in [9.17, 15) is 27.2 Å². The molecule has 0 bridgehead atoms. The quantitative estimate of drug-likeness (QED) is 0.750. The maximum atomic E-state index is 13.7. The van der Waals surface area contributed by atoms with Crippen LogP contribution in [0.4, 0.5) is 17.6 Å². The van der Waals surface area contributed by atoms with E-state index in [1.54, 1.807) is 0 Å². The summed E-state index contributed by atoms with van der Waals surface area (Å²) in [5.41, 5.74) is -0.977. The van der Waals surface area contributed by atoms with E-state index in [-0.39, 0.29) is 31.5 Å². The number of carbonyl (C=O) groups is 1. The molecule has 0 aromatic carbocycles. The van der Waals surface area contributed by atoms with Crippen molar-refractivity contribution in [3.8, 4) is 0 Å². The Kier molecular flexibility index (Phi) is 4.55. The molecule has 1 saturated heterocycles. The summed E-state index contributed by atoms with van der Waals surface area (Å²) in [4.78, 5) is 29.4. The van der Waals surface area contributed by atoms with Gasteiger partial charge in [0.2, 0.25) is 5.82 Å². The number of piperidine rings is 1. The zero-order valence-electron chi connectivity index (χ0n) is 13.7. The maximum Gasteiger partial charge on any atom is 0.451 e. The van der Waals surface area contributed by atoms with E-state index in [4.69, 9.17) is 0 Å². The second kappa shape index (κ2) is 6.54. The molecule has 26 heavy (non-hydrogen) atoms. The number of amides is 1. The van der Waals surface area contributed by atoms with Crippen molar-refractivity contribution in [2.45, 2.75) is 25.1 Å². The van der Waals surface area contributed by atoms with Crippen LogP contribution in [0.5, 0.6) is 0 Å². The number of alkyl halides is 3. The minimum absolute atomic E-state index is 0.118. The second-order valence-corrected chi connectivity index (χ2v) is 5.99. The van der Waals surface area contributed by atoms with Crippen LogP contribution in [0.15, 0.2) is 23.3 Å². The first-order chi connectivity index (χ1) is 12.2. The van der Waals surface area contributed by atoms with Gasteiger partial charge in [0.15, 0.2) is 5.82 Å². The summed E-state index contributed by atoms with van der Waals surface area (Å²) in [7, 11) is 1.01. The Morgan fingerprint density at radius 1 is 1.27 bits per heavy atom. The monoisotopic (exact) mass is 373 g/mol. The van der Waals surface area contributed by atoms with Gasteiger partial charge in [0.1, 0.15) is 0 Å². The van der Waals surface area contributed by atoms with Crippen LogP contribution in [0.25, 0.3) is 0 Å². The van der Waals surface area contributed by atoms with Crippen molar-refractivity contribution in [1.29, 1.82) is 0 Å². The Balaban J connectivity index is 1.75. The van der Waals surface area contributed by atoms with Crippen LogP contribution in [0.3, 0.4) is 0 Å². The third kappa shape index (κ3) is 3.20. The number of nitrogens with zero attached hydrogens (tertiary/aromatic N) is 5. The standard InChI is InChI=1S/C15H15F4N5O2/c1-22-13(15(17,18)19)21-24(14(22)26)9-3-6-23(7-4-9)12(25)10-2-5-20-8-11(10)16/h2,5,8-9H,3-4,6-7H2,1H3. The van der Waals surface area contributed by atoms with Crippen molar-refractivity contribution < 1.29 is 22.4 Å². The molecule has 3 rings (SSSR count). The van der Waals surface area contributed by atoms with Gasteiger partial charge in [-0.1, -0.05) is 0 Å². The Labute approximate surface area is 144 Å². The minimum Gasteiger partial charge on any atom is -0.338 e. The molecule has 1 amide bonds. The third-order valence-corrected chi connectivity index (χ3v) is 4.36. The third-order valence-electron chi connectivity index (χ3n) is 4.36. The highest BCUT2D eigenvalue weighted by Gasteiger charge is 2.39. The number of carbonyl (C=O) groups excluding carboxylic acids is 1. The molecule has 0 radical (unpaired) electrons. The minimum atomic E-state index is -4.73. The van der Waals surface area contributed by atoms with E-state index in [1.807, 2.05) is 0 Å². The van der Waals surface area contributed by atoms with Gasteiger partial charge in [-0.15, -0.1) is 5.10 Å². The molecule has 0 saturated carbocycles. The average molecular weight is 373 g/mol. The van der Waals surface area contributed by atoms with Crippen LogP contribution in [-0.2, 0) is 13.2 Å². The van der Waals surface area contributed by atoms with Crippen LogP contribution in [-0.4, -0.2) is 43.2 Å². The first kappa shape index (κ1) is 18.1. The number of rotatable bonds is 2. The molecule has 0 N–H and O–H groups in total. The van der Waals surface area contributed by atoms with Gasteiger partial charge in [0.05, 0.1) is 17.8 Å². The van der Waals surface area contributed by atoms with Crippen LogP contribution < -0.4 is 5.69 Å². The van der Waals surface area contributed by atoms with Crippen LogP contribution >= 0.6 is 0 Å². The average Bonchev–Trinajstić information content (AvgIpc) is 2.90. The van der Waals surface area contributed by atoms with E-state index < -0.39 is 35.5 Å². The molecule has 0 spiro atoms. The Bertz CT molecular complexity index is 881. The van der Waals surface area contributed by atoms with Gasteiger partial charge in [-0.3, -0.25) is 14.3 Å². The predicted molar refractivity (Wildman–Crippen MR) is 80.8 cm³/mol. The molecule has 1 fully saturated rings. The molecule has 2 aromatic heterocycles. The highest BCUT2D eigenvalue weighted by molar-refractivity contribution is 5.94. The topological polar surface area (TPSA) is 73.0 Å². The molecule has 0 atom stereocenters. The lowest BCUT2D eigenvalue weighted by atomic mass is 10.0. The molecule has 3 heterocycles. The maximum absolute atomic E-state index is 13.7. The van der Waals surface area contributed by atoms with Crippen molar-refractivity contribution in [1.82, 2.24) is 24.2 Å². The first-order valence-corrected chi connectivity index (χ1v) is 7.81. The van der Waals surface area contributed by atoms with Gasteiger partial charge in [0.25, 0.3) is 5.91 Å². The molecule has 2 aromatic rings. The summed E-state index contributed by atoms with van der Waals surface area (Å²) in [5, 5.41) is 3.42. The van der Waals surface area contributed by atoms with E-state index in [0.717, 1.165) is 17.9 Å². The molecular weight excluding hydrogens is 358 g/mol. The highest BCUT2D eigenvalue weighted by Crippen LogP contribution is 2.28. The van der Waals surface area contributed by atoms with Gasteiger partial charge in [-0.2, -0.15) is 13.2 Å². The molecule has 7 nitrogen and oxygen atoms in total. The zero-order chi connectivity index (χ0) is 19.1. The molecule has 0 unspecified atom stereocenters. The molecule has 0 aliphatic carbocycles. The lowest BCUT2D eigenvalue weighted by molar-refractivity contribution is -0.147. The summed E-state index contributed by atoms with van der Waals surface area (Å²) in [6.07, 6.45) is -2.00. The number of halogens is 4.